The number of fused-ring (bicyclic) bond motifs is 1. The van der Waals surface area contributed by atoms with Gasteiger partial charge in [0.15, 0.2) is 0 Å². The molecule has 0 saturated carbocycles. The average Bonchev–Trinajstić information content (AvgIpc) is 2.55. The second-order valence-electron chi connectivity index (χ2n) is 3.26. The van der Waals surface area contributed by atoms with Crippen LogP contribution in [0.15, 0.2) is 24.8 Å². The van der Waals surface area contributed by atoms with Crippen molar-refractivity contribution >= 4 is 16.7 Å². The number of aromatic nitrogens is 2. The van der Waals surface area contributed by atoms with Crippen molar-refractivity contribution in [2.75, 3.05) is 0 Å². The minimum absolute atomic E-state index is 0.107. The molecule has 0 amide bonds. The van der Waals surface area contributed by atoms with E-state index in [1.807, 2.05) is 6.92 Å². The lowest BCUT2D eigenvalue weighted by Gasteiger charge is -1.96. The van der Waals surface area contributed by atoms with Gasteiger partial charge in [-0.2, -0.15) is 0 Å². The highest BCUT2D eigenvalue weighted by atomic mass is 16.6. The van der Waals surface area contributed by atoms with Gasteiger partial charge in [0.05, 0.1) is 21.5 Å². The van der Waals surface area contributed by atoms with Gasteiger partial charge in [-0.15, -0.1) is 0 Å². The standard InChI is InChI=1S/C10H9N3O2/c1-6(13(14)15)8-3-4-9-10(5-8)12-7(2)11-9/h3-5H,1H2,2H3,(H,11,12). The van der Waals surface area contributed by atoms with Crippen LogP contribution in [0.5, 0.6) is 0 Å². The van der Waals surface area contributed by atoms with Crippen LogP contribution in [0.1, 0.15) is 11.4 Å². The normalized spacial score (nSPS) is 10.5. The van der Waals surface area contributed by atoms with E-state index in [4.69, 9.17) is 0 Å². The number of nitrogens with one attached hydrogen (secondary N) is 1. The molecular weight excluding hydrogens is 194 g/mol. The van der Waals surface area contributed by atoms with Crippen molar-refractivity contribution in [3.8, 4) is 0 Å². The van der Waals surface area contributed by atoms with E-state index in [2.05, 4.69) is 16.5 Å². The molecule has 1 aromatic heterocycles. The van der Waals surface area contributed by atoms with Gasteiger partial charge in [0.25, 0.3) is 5.70 Å². The Labute approximate surface area is 85.6 Å². The van der Waals surface area contributed by atoms with Crippen LogP contribution in [0.25, 0.3) is 16.7 Å². The number of aryl methyl sites for hydroxylation is 1. The summed E-state index contributed by atoms with van der Waals surface area (Å²) in [6.45, 7) is 5.24. The Morgan fingerprint density at radius 2 is 2.33 bits per heavy atom. The summed E-state index contributed by atoms with van der Waals surface area (Å²) < 4.78 is 0. The van der Waals surface area contributed by atoms with Crippen molar-refractivity contribution in [2.24, 2.45) is 0 Å². The first-order valence-electron chi connectivity index (χ1n) is 4.38. The molecule has 2 aromatic rings. The van der Waals surface area contributed by atoms with Crippen molar-refractivity contribution in [3.05, 3.63) is 46.3 Å². The smallest absolute Gasteiger partial charge is 0.269 e. The molecule has 0 aliphatic rings. The number of hydrogen-bond acceptors (Lipinski definition) is 3. The number of benzene rings is 1. The van der Waals surface area contributed by atoms with Gasteiger partial charge in [0, 0.05) is 0 Å². The molecule has 5 nitrogen and oxygen atoms in total. The quantitative estimate of drug-likeness (QED) is 0.600. The SMILES string of the molecule is C=C(c1ccc2nc(C)[nH]c2c1)[N+](=O)[O-]. The number of H-pyrrole nitrogens is 1. The van der Waals surface area contributed by atoms with Gasteiger partial charge in [-0.1, -0.05) is 0 Å². The maximum absolute atomic E-state index is 10.5. The van der Waals surface area contributed by atoms with E-state index >= 15 is 0 Å². The lowest BCUT2D eigenvalue weighted by molar-refractivity contribution is -0.375. The number of rotatable bonds is 2. The molecule has 5 heteroatoms. The predicted molar refractivity (Wildman–Crippen MR) is 56.9 cm³/mol. The first-order valence-corrected chi connectivity index (χ1v) is 4.38. The third-order valence-electron chi connectivity index (χ3n) is 2.15. The Hall–Kier alpha value is -2.17. The Kier molecular flexibility index (Phi) is 2.00. The van der Waals surface area contributed by atoms with E-state index in [1.54, 1.807) is 18.2 Å². The van der Waals surface area contributed by atoms with Gasteiger partial charge in [0.1, 0.15) is 5.82 Å². The maximum atomic E-state index is 10.5. The molecule has 0 radical (unpaired) electrons. The highest BCUT2D eigenvalue weighted by Gasteiger charge is 2.11. The molecular formula is C10H9N3O2. The van der Waals surface area contributed by atoms with Gasteiger partial charge < -0.3 is 4.98 Å². The molecule has 1 N–H and O–H groups in total. The van der Waals surface area contributed by atoms with Crippen LogP contribution in [0.4, 0.5) is 0 Å². The fraction of sp³-hybridized carbons (Fsp3) is 0.100. The van der Waals surface area contributed by atoms with Gasteiger partial charge in [0.2, 0.25) is 0 Å². The van der Waals surface area contributed by atoms with Crippen LogP contribution in [-0.2, 0) is 0 Å². The van der Waals surface area contributed by atoms with Gasteiger partial charge in [-0.25, -0.2) is 4.98 Å². The van der Waals surface area contributed by atoms with Gasteiger partial charge in [-0.3, -0.25) is 10.1 Å². The van der Waals surface area contributed by atoms with Crippen LogP contribution >= 0.6 is 0 Å². The zero-order chi connectivity index (χ0) is 11.0. The summed E-state index contributed by atoms with van der Waals surface area (Å²) in [6, 6.07) is 5.07. The molecule has 0 saturated heterocycles. The second-order valence-corrected chi connectivity index (χ2v) is 3.26. The molecule has 76 valence electrons. The molecule has 1 aromatic carbocycles. The molecule has 1 heterocycles. The summed E-state index contributed by atoms with van der Waals surface area (Å²) in [5, 5.41) is 10.5. The molecule has 0 aliphatic carbocycles. The maximum Gasteiger partial charge on any atom is 0.269 e. The van der Waals surface area contributed by atoms with Crippen molar-refractivity contribution in [1.29, 1.82) is 0 Å². The Morgan fingerprint density at radius 1 is 1.60 bits per heavy atom. The summed E-state index contributed by atoms with van der Waals surface area (Å²) >= 11 is 0. The largest absolute Gasteiger partial charge is 0.342 e. The van der Waals surface area contributed by atoms with Gasteiger partial charge in [-0.05, 0) is 31.7 Å². The van der Waals surface area contributed by atoms with Crippen LogP contribution < -0.4 is 0 Å². The van der Waals surface area contributed by atoms with Crippen LogP contribution in [0, 0.1) is 17.0 Å². The molecule has 0 spiro atoms. The Morgan fingerprint density at radius 3 is 3.00 bits per heavy atom. The fourth-order valence-corrected chi connectivity index (χ4v) is 1.42. The third-order valence-corrected chi connectivity index (χ3v) is 2.15. The van der Waals surface area contributed by atoms with E-state index in [0.717, 1.165) is 16.9 Å². The fourth-order valence-electron chi connectivity index (χ4n) is 1.42. The number of aromatic amines is 1. The molecule has 0 bridgehead atoms. The highest BCUT2D eigenvalue weighted by Crippen LogP contribution is 2.18. The summed E-state index contributed by atoms with van der Waals surface area (Å²) in [5.74, 6) is 0.786. The minimum Gasteiger partial charge on any atom is -0.342 e. The topological polar surface area (TPSA) is 71.8 Å². The lowest BCUT2D eigenvalue weighted by Crippen LogP contribution is -1.95. The molecule has 0 fully saturated rings. The number of nitro groups is 1. The third kappa shape index (κ3) is 1.59. The molecule has 15 heavy (non-hydrogen) atoms. The van der Waals surface area contributed by atoms with E-state index < -0.39 is 4.92 Å². The van der Waals surface area contributed by atoms with Crippen molar-refractivity contribution in [3.63, 3.8) is 0 Å². The molecule has 0 unspecified atom stereocenters. The molecule has 0 atom stereocenters. The number of imidazole rings is 1. The lowest BCUT2D eigenvalue weighted by atomic mass is 10.1. The second kappa shape index (κ2) is 3.20. The van der Waals surface area contributed by atoms with Crippen molar-refractivity contribution < 1.29 is 4.92 Å². The Balaban J connectivity index is 2.55. The van der Waals surface area contributed by atoms with Crippen molar-refractivity contribution in [2.45, 2.75) is 6.92 Å². The predicted octanol–water partition coefficient (Wildman–Crippen LogP) is 2.12. The zero-order valence-corrected chi connectivity index (χ0v) is 8.15. The van der Waals surface area contributed by atoms with Gasteiger partial charge >= 0.3 is 0 Å². The van der Waals surface area contributed by atoms with Crippen molar-refractivity contribution in [1.82, 2.24) is 9.97 Å². The minimum atomic E-state index is -0.496. The monoisotopic (exact) mass is 203 g/mol. The van der Waals surface area contributed by atoms with Crippen LogP contribution in [0.3, 0.4) is 0 Å². The first kappa shape index (κ1) is 9.39. The van der Waals surface area contributed by atoms with E-state index in [0.29, 0.717) is 5.56 Å². The Bertz CT molecular complexity index is 557. The summed E-state index contributed by atoms with van der Waals surface area (Å²) in [6.07, 6.45) is 0. The highest BCUT2D eigenvalue weighted by molar-refractivity contribution is 5.79. The summed E-state index contributed by atoms with van der Waals surface area (Å²) in [4.78, 5) is 17.2. The van der Waals surface area contributed by atoms with E-state index in [9.17, 15) is 10.1 Å². The average molecular weight is 203 g/mol. The molecule has 2 rings (SSSR count). The molecule has 0 aliphatic heterocycles. The number of nitrogens with zero attached hydrogens (tertiary/aromatic N) is 2. The zero-order valence-electron chi connectivity index (χ0n) is 8.15. The first-order chi connectivity index (χ1) is 7.08. The van der Waals surface area contributed by atoms with E-state index in [1.165, 1.54) is 0 Å². The summed E-state index contributed by atoms with van der Waals surface area (Å²) in [7, 11) is 0. The van der Waals surface area contributed by atoms with E-state index in [-0.39, 0.29) is 5.70 Å². The summed E-state index contributed by atoms with van der Waals surface area (Å²) in [5.41, 5.74) is 1.97. The number of hydrogen-bond donors (Lipinski definition) is 1. The van der Waals surface area contributed by atoms with Crippen LogP contribution in [-0.4, -0.2) is 14.9 Å². The van der Waals surface area contributed by atoms with Crippen LogP contribution in [0.2, 0.25) is 0 Å².